The van der Waals surface area contributed by atoms with E-state index in [9.17, 15) is 0 Å². The van der Waals surface area contributed by atoms with Crippen molar-refractivity contribution in [3.63, 3.8) is 0 Å². The van der Waals surface area contributed by atoms with Crippen LogP contribution < -0.4 is 0 Å². The summed E-state index contributed by atoms with van der Waals surface area (Å²) in [5.41, 5.74) is 0.522. The van der Waals surface area contributed by atoms with E-state index in [0.29, 0.717) is 5.41 Å². The highest BCUT2D eigenvalue weighted by molar-refractivity contribution is 5.07. The van der Waals surface area contributed by atoms with Gasteiger partial charge in [-0.25, -0.2) is 0 Å². The fourth-order valence-electron chi connectivity index (χ4n) is 3.06. The molecule has 0 bridgehead atoms. The molecule has 0 radical (unpaired) electrons. The third-order valence-corrected chi connectivity index (χ3v) is 4.07. The molecule has 0 aliphatic heterocycles. The Kier molecular flexibility index (Phi) is 3.10. The number of rotatable bonds is 2. The summed E-state index contributed by atoms with van der Waals surface area (Å²) in [6.45, 7) is 7.09. The van der Waals surface area contributed by atoms with Crippen molar-refractivity contribution in [2.75, 3.05) is 0 Å². The molecular weight excluding hydrogens is 180 g/mol. The van der Waals surface area contributed by atoms with Crippen molar-refractivity contribution in [1.82, 2.24) is 0 Å². The average molecular weight is 204 g/mol. The van der Waals surface area contributed by atoms with Gasteiger partial charge in [0.25, 0.3) is 0 Å². The number of hydrogen-bond acceptors (Lipinski definition) is 0. The molecular formula is C15H24. The largest absolute Gasteiger partial charge is 0.103 e. The molecule has 3 atom stereocenters. The van der Waals surface area contributed by atoms with Crippen molar-refractivity contribution in [1.29, 1.82) is 0 Å². The monoisotopic (exact) mass is 204 g/mol. The fraction of sp³-hybridized carbons (Fsp3) is 0.867. The molecule has 0 amide bonds. The molecule has 0 heterocycles. The minimum atomic E-state index is 0.522. The molecule has 1 unspecified atom stereocenters. The lowest BCUT2D eigenvalue weighted by atomic mass is 9.89. The molecule has 2 rings (SSSR count). The second-order valence-corrected chi connectivity index (χ2v) is 6.52. The molecule has 0 spiro atoms. The normalized spacial score (nSPS) is 34.5. The van der Waals surface area contributed by atoms with Crippen LogP contribution in [-0.4, -0.2) is 0 Å². The Bertz CT molecular complexity index is 253. The highest BCUT2D eigenvalue weighted by Gasteiger charge is 2.48. The van der Waals surface area contributed by atoms with E-state index in [1.165, 1.54) is 25.7 Å². The van der Waals surface area contributed by atoms with Gasteiger partial charge in [-0.2, -0.15) is 0 Å². The van der Waals surface area contributed by atoms with Crippen LogP contribution in [0, 0.1) is 35.0 Å². The van der Waals surface area contributed by atoms with Gasteiger partial charge in [-0.05, 0) is 48.9 Å². The zero-order chi connectivity index (χ0) is 10.9. The quantitative estimate of drug-likeness (QED) is 0.590. The van der Waals surface area contributed by atoms with Gasteiger partial charge < -0.3 is 0 Å². The molecule has 0 heteroatoms. The maximum atomic E-state index is 3.29. The van der Waals surface area contributed by atoms with Crippen LogP contribution in [0.3, 0.4) is 0 Å². The lowest BCUT2D eigenvalue weighted by molar-refractivity contribution is 0.346. The van der Waals surface area contributed by atoms with Crippen LogP contribution in [0.15, 0.2) is 0 Å². The first-order valence-corrected chi connectivity index (χ1v) is 6.54. The Hall–Kier alpha value is -0.440. The summed E-state index contributed by atoms with van der Waals surface area (Å²) in [6, 6.07) is 0. The summed E-state index contributed by atoms with van der Waals surface area (Å²) in [7, 11) is 0. The van der Waals surface area contributed by atoms with E-state index in [4.69, 9.17) is 0 Å². The fourth-order valence-corrected chi connectivity index (χ4v) is 3.06. The second-order valence-electron chi connectivity index (χ2n) is 6.52. The first-order chi connectivity index (χ1) is 7.08. The number of hydrogen-bond donors (Lipinski definition) is 0. The van der Waals surface area contributed by atoms with E-state index in [2.05, 4.69) is 32.6 Å². The van der Waals surface area contributed by atoms with Gasteiger partial charge in [0.2, 0.25) is 0 Å². The molecule has 1 fully saturated rings. The zero-order valence-electron chi connectivity index (χ0n) is 10.5. The van der Waals surface area contributed by atoms with Gasteiger partial charge in [-0.15, -0.1) is 11.8 Å². The molecule has 0 aromatic heterocycles. The molecule has 2 aliphatic rings. The maximum absolute atomic E-state index is 3.29. The highest BCUT2D eigenvalue weighted by atomic mass is 14.5. The SMILES string of the molecule is CC(C)(C)CCC1[C@H]2CCC#CCC[C@@H]12. The third kappa shape index (κ3) is 3.00. The summed E-state index contributed by atoms with van der Waals surface area (Å²) >= 11 is 0. The standard InChI is InChI=1S/C15H24/c1-15(2,3)11-10-14-12-8-6-4-5-7-9-13(12)14/h12-14H,6-11H2,1-3H3/t12-,13+,14?. The molecule has 0 N–H and O–H groups in total. The molecule has 0 aromatic rings. The summed E-state index contributed by atoms with van der Waals surface area (Å²) in [6.07, 6.45) is 7.93. The van der Waals surface area contributed by atoms with Crippen LogP contribution in [0.4, 0.5) is 0 Å². The Labute approximate surface area is 94.8 Å². The van der Waals surface area contributed by atoms with E-state index in [1.807, 2.05) is 0 Å². The smallest absolute Gasteiger partial charge is 0.00915 e. The summed E-state index contributed by atoms with van der Waals surface area (Å²) in [4.78, 5) is 0. The Morgan fingerprint density at radius 1 is 1.00 bits per heavy atom. The van der Waals surface area contributed by atoms with E-state index in [-0.39, 0.29) is 0 Å². The molecule has 1 saturated carbocycles. The van der Waals surface area contributed by atoms with Gasteiger partial charge in [0.05, 0.1) is 0 Å². The predicted octanol–water partition coefficient (Wildman–Crippen LogP) is 4.25. The van der Waals surface area contributed by atoms with Crippen LogP contribution in [0.1, 0.15) is 59.3 Å². The molecule has 0 aromatic carbocycles. The maximum Gasteiger partial charge on any atom is 0.00915 e. The van der Waals surface area contributed by atoms with Crippen LogP contribution in [0.25, 0.3) is 0 Å². The minimum Gasteiger partial charge on any atom is -0.103 e. The topological polar surface area (TPSA) is 0 Å². The minimum absolute atomic E-state index is 0.522. The van der Waals surface area contributed by atoms with Crippen LogP contribution >= 0.6 is 0 Å². The predicted molar refractivity (Wildman–Crippen MR) is 65.4 cm³/mol. The van der Waals surface area contributed by atoms with Crippen LogP contribution in [0.2, 0.25) is 0 Å². The van der Waals surface area contributed by atoms with Crippen molar-refractivity contribution in [3.8, 4) is 11.8 Å². The number of fused-ring (bicyclic) bond motifs is 1. The Morgan fingerprint density at radius 3 is 2.00 bits per heavy atom. The van der Waals surface area contributed by atoms with E-state index < -0.39 is 0 Å². The third-order valence-electron chi connectivity index (χ3n) is 4.07. The molecule has 84 valence electrons. The van der Waals surface area contributed by atoms with Crippen LogP contribution in [0.5, 0.6) is 0 Å². The van der Waals surface area contributed by atoms with Gasteiger partial charge in [-0.1, -0.05) is 20.8 Å². The molecule has 2 aliphatic carbocycles. The Balaban J connectivity index is 1.78. The van der Waals surface area contributed by atoms with Crippen molar-refractivity contribution in [2.45, 2.75) is 59.3 Å². The van der Waals surface area contributed by atoms with E-state index in [0.717, 1.165) is 30.6 Å². The van der Waals surface area contributed by atoms with E-state index >= 15 is 0 Å². The summed E-state index contributed by atoms with van der Waals surface area (Å²) < 4.78 is 0. The van der Waals surface area contributed by atoms with Crippen molar-refractivity contribution in [3.05, 3.63) is 0 Å². The first kappa shape index (κ1) is 11.1. The zero-order valence-corrected chi connectivity index (χ0v) is 10.5. The second kappa shape index (κ2) is 4.20. The molecule has 0 saturated heterocycles. The molecule has 15 heavy (non-hydrogen) atoms. The van der Waals surface area contributed by atoms with Crippen molar-refractivity contribution >= 4 is 0 Å². The van der Waals surface area contributed by atoms with Gasteiger partial charge in [0.15, 0.2) is 0 Å². The van der Waals surface area contributed by atoms with Gasteiger partial charge >= 0.3 is 0 Å². The van der Waals surface area contributed by atoms with Crippen LogP contribution in [-0.2, 0) is 0 Å². The van der Waals surface area contributed by atoms with Gasteiger partial charge in [0.1, 0.15) is 0 Å². The Morgan fingerprint density at radius 2 is 1.53 bits per heavy atom. The average Bonchev–Trinajstić information content (AvgIpc) is 2.71. The lowest BCUT2D eigenvalue weighted by Gasteiger charge is -2.17. The summed E-state index contributed by atoms with van der Waals surface area (Å²) in [5, 5.41) is 0. The van der Waals surface area contributed by atoms with Gasteiger partial charge in [-0.3, -0.25) is 0 Å². The van der Waals surface area contributed by atoms with Crippen molar-refractivity contribution in [2.24, 2.45) is 23.2 Å². The molecule has 0 nitrogen and oxygen atoms in total. The van der Waals surface area contributed by atoms with Gasteiger partial charge in [0, 0.05) is 12.8 Å². The lowest BCUT2D eigenvalue weighted by Crippen LogP contribution is -2.05. The summed E-state index contributed by atoms with van der Waals surface area (Å²) in [5.74, 6) is 9.71. The van der Waals surface area contributed by atoms with Crippen molar-refractivity contribution < 1.29 is 0 Å². The first-order valence-electron chi connectivity index (χ1n) is 6.54. The van der Waals surface area contributed by atoms with E-state index in [1.54, 1.807) is 0 Å². The highest BCUT2D eigenvalue weighted by Crippen LogP contribution is 2.55.